The lowest BCUT2D eigenvalue weighted by Gasteiger charge is -2.25. The number of imidazole rings is 1. The zero-order valence-corrected chi connectivity index (χ0v) is 18.8. The molecule has 4 heterocycles. The second kappa shape index (κ2) is 8.24. The van der Waals surface area contributed by atoms with E-state index in [1.807, 2.05) is 6.07 Å². The van der Waals surface area contributed by atoms with E-state index in [1.165, 1.54) is 22.9 Å². The fourth-order valence-corrected chi connectivity index (χ4v) is 5.74. The second-order valence-electron chi connectivity index (χ2n) is 8.00. The predicted molar refractivity (Wildman–Crippen MR) is 114 cm³/mol. The number of hydrogen-bond donors (Lipinski definition) is 2. The van der Waals surface area contributed by atoms with Gasteiger partial charge in [0.2, 0.25) is 10.0 Å². The van der Waals surface area contributed by atoms with E-state index in [0.717, 1.165) is 12.8 Å². The number of pyridine rings is 1. The van der Waals surface area contributed by atoms with E-state index in [4.69, 9.17) is 4.74 Å². The summed E-state index contributed by atoms with van der Waals surface area (Å²) < 4.78 is 61.7. The van der Waals surface area contributed by atoms with Crippen molar-refractivity contribution in [2.24, 2.45) is 0 Å². The van der Waals surface area contributed by atoms with Gasteiger partial charge in [-0.05, 0) is 31.7 Å². The van der Waals surface area contributed by atoms with Crippen molar-refractivity contribution in [1.82, 2.24) is 24.3 Å². The highest BCUT2D eigenvalue weighted by atomic mass is 32.2. The molecular formula is C19H19F2N7O3S2. The summed E-state index contributed by atoms with van der Waals surface area (Å²) in [6, 6.07) is 3.57. The van der Waals surface area contributed by atoms with Gasteiger partial charge in [0.1, 0.15) is 10.4 Å². The van der Waals surface area contributed by atoms with E-state index >= 15 is 0 Å². The van der Waals surface area contributed by atoms with Gasteiger partial charge in [0.05, 0.1) is 23.5 Å². The summed E-state index contributed by atoms with van der Waals surface area (Å²) in [5.74, 6) is 0.197. The molecule has 3 aromatic heterocycles. The minimum Gasteiger partial charge on any atom is -0.381 e. The Morgan fingerprint density at radius 2 is 2.06 bits per heavy atom. The summed E-state index contributed by atoms with van der Waals surface area (Å²) in [5, 5.41) is 19.7. The maximum Gasteiger partial charge on any atom is 0.291 e. The number of anilines is 1. The molecule has 1 saturated carbocycles. The fraction of sp³-hybridized carbons (Fsp3) is 0.474. The van der Waals surface area contributed by atoms with Crippen LogP contribution in [0.15, 0.2) is 23.4 Å². The van der Waals surface area contributed by atoms with E-state index in [-0.39, 0.29) is 21.8 Å². The molecule has 0 amide bonds. The van der Waals surface area contributed by atoms with Crippen molar-refractivity contribution in [3.63, 3.8) is 0 Å². The highest BCUT2D eigenvalue weighted by Crippen LogP contribution is 2.37. The normalized spacial score (nSPS) is 18.5. The zero-order valence-electron chi connectivity index (χ0n) is 17.2. The van der Waals surface area contributed by atoms with Crippen molar-refractivity contribution in [1.29, 1.82) is 5.26 Å². The van der Waals surface area contributed by atoms with E-state index in [1.54, 1.807) is 0 Å². The Hall–Kier alpha value is -2.73. The molecule has 14 heteroatoms. The molecule has 0 aromatic carbocycles. The van der Waals surface area contributed by atoms with Crippen molar-refractivity contribution in [3.05, 3.63) is 23.5 Å². The quantitative estimate of drug-likeness (QED) is 0.511. The van der Waals surface area contributed by atoms with Gasteiger partial charge in [-0.1, -0.05) is 11.3 Å². The molecule has 0 radical (unpaired) electrons. The van der Waals surface area contributed by atoms with Crippen LogP contribution >= 0.6 is 11.3 Å². The van der Waals surface area contributed by atoms with Gasteiger partial charge >= 0.3 is 0 Å². The molecule has 0 unspecified atom stereocenters. The lowest BCUT2D eigenvalue weighted by atomic mass is 10.1. The molecule has 0 atom stereocenters. The summed E-state index contributed by atoms with van der Waals surface area (Å²) in [6.45, 7) is 1.17. The molecule has 2 fully saturated rings. The van der Waals surface area contributed by atoms with Gasteiger partial charge in [0.15, 0.2) is 15.8 Å². The molecule has 5 rings (SSSR count). The molecule has 2 aliphatic rings. The van der Waals surface area contributed by atoms with Crippen LogP contribution in [0.3, 0.4) is 0 Å². The summed E-state index contributed by atoms with van der Waals surface area (Å²) >= 11 is 0.691. The first-order chi connectivity index (χ1) is 15.8. The standard InChI is InChI=1S/C19H19F2N7O3S2/c20-15(21)17-25-26-18(32-17)16-23-8-14-13(24-11-1-5-31-6-2-11)7-12(9-28(14)16)33(29,30)27-19(10-22)3-4-19/h7-9,11,15,24,27H,1-6H2. The molecule has 0 bridgehead atoms. The summed E-state index contributed by atoms with van der Waals surface area (Å²) in [6.07, 6.45) is 2.48. The van der Waals surface area contributed by atoms with Crippen LogP contribution in [0.2, 0.25) is 0 Å². The van der Waals surface area contributed by atoms with Gasteiger partial charge in [-0.3, -0.25) is 4.40 Å². The highest BCUT2D eigenvalue weighted by Gasteiger charge is 2.47. The summed E-state index contributed by atoms with van der Waals surface area (Å²) in [5.41, 5.74) is -0.0137. The SMILES string of the molecule is N#CC1(NS(=O)(=O)c2cc(NC3CCOCC3)c3cnc(-c4nnc(C(F)F)s4)n3c2)CC1. The number of aromatic nitrogens is 4. The third kappa shape index (κ3) is 4.29. The molecular weight excluding hydrogens is 476 g/mol. The van der Waals surface area contributed by atoms with Crippen molar-refractivity contribution >= 4 is 32.6 Å². The molecule has 1 aliphatic heterocycles. The van der Waals surface area contributed by atoms with Crippen LogP contribution in [-0.4, -0.2) is 52.8 Å². The minimum atomic E-state index is -4.05. The number of nitrogens with one attached hydrogen (secondary N) is 2. The number of hydrogen-bond acceptors (Lipinski definition) is 9. The first-order valence-electron chi connectivity index (χ1n) is 10.2. The highest BCUT2D eigenvalue weighted by molar-refractivity contribution is 7.89. The lowest BCUT2D eigenvalue weighted by Crippen LogP contribution is -2.35. The van der Waals surface area contributed by atoms with Gasteiger partial charge in [-0.25, -0.2) is 22.2 Å². The van der Waals surface area contributed by atoms with Crippen LogP contribution in [0.5, 0.6) is 0 Å². The monoisotopic (exact) mass is 495 g/mol. The number of fused-ring (bicyclic) bond motifs is 1. The summed E-state index contributed by atoms with van der Waals surface area (Å²) in [7, 11) is -4.05. The first-order valence-corrected chi connectivity index (χ1v) is 12.5. The maximum absolute atomic E-state index is 13.1. The zero-order chi connectivity index (χ0) is 23.2. The summed E-state index contributed by atoms with van der Waals surface area (Å²) in [4.78, 5) is 4.23. The Bertz CT molecular complexity index is 1340. The number of alkyl halides is 2. The van der Waals surface area contributed by atoms with Gasteiger partial charge in [0, 0.05) is 25.5 Å². The van der Waals surface area contributed by atoms with Gasteiger partial charge in [0.25, 0.3) is 6.43 Å². The van der Waals surface area contributed by atoms with E-state index in [0.29, 0.717) is 48.6 Å². The molecule has 3 aromatic rings. The van der Waals surface area contributed by atoms with Crippen LogP contribution < -0.4 is 10.0 Å². The average Bonchev–Trinajstić information content (AvgIpc) is 3.20. The largest absolute Gasteiger partial charge is 0.381 e. The third-order valence-corrected chi connectivity index (χ3v) is 8.05. The van der Waals surface area contributed by atoms with E-state index in [2.05, 4.69) is 25.2 Å². The Labute approximate surface area is 191 Å². The molecule has 174 valence electrons. The van der Waals surface area contributed by atoms with Gasteiger partial charge in [-0.15, -0.1) is 10.2 Å². The van der Waals surface area contributed by atoms with Crippen LogP contribution in [0, 0.1) is 11.3 Å². The molecule has 0 spiro atoms. The number of rotatable bonds is 7. The van der Waals surface area contributed by atoms with Crippen LogP contribution in [0.1, 0.15) is 37.1 Å². The number of sulfonamides is 1. The van der Waals surface area contributed by atoms with Crippen molar-refractivity contribution in [2.75, 3.05) is 18.5 Å². The van der Waals surface area contributed by atoms with Crippen LogP contribution in [0.4, 0.5) is 14.5 Å². The minimum absolute atomic E-state index is 0.0626. The number of halogens is 2. The van der Waals surface area contributed by atoms with Crippen molar-refractivity contribution in [2.45, 2.75) is 48.6 Å². The number of nitrogens with zero attached hydrogens (tertiary/aromatic N) is 5. The molecule has 1 aliphatic carbocycles. The van der Waals surface area contributed by atoms with E-state index < -0.39 is 27.0 Å². The Kier molecular flexibility index (Phi) is 5.52. The van der Waals surface area contributed by atoms with E-state index in [9.17, 15) is 22.5 Å². The first kappa shape index (κ1) is 22.1. The molecule has 1 saturated heterocycles. The third-order valence-electron chi connectivity index (χ3n) is 5.62. The van der Waals surface area contributed by atoms with Gasteiger partial charge in [-0.2, -0.15) is 9.98 Å². The van der Waals surface area contributed by atoms with Crippen molar-refractivity contribution < 1.29 is 21.9 Å². The Morgan fingerprint density at radius 1 is 1.30 bits per heavy atom. The Balaban J connectivity index is 1.61. The maximum atomic E-state index is 13.1. The fourth-order valence-electron chi connectivity index (χ4n) is 3.65. The topological polar surface area (TPSA) is 134 Å². The van der Waals surface area contributed by atoms with Crippen molar-refractivity contribution in [3.8, 4) is 16.9 Å². The van der Waals surface area contributed by atoms with Crippen LogP contribution in [-0.2, 0) is 14.8 Å². The average molecular weight is 496 g/mol. The smallest absolute Gasteiger partial charge is 0.291 e. The number of ether oxygens (including phenoxy) is 1. The molecule has 10 nitrogen and oxygen atoms in total. The second-order valence-corrected chi connectivity index (χ2v) is 10.7. The predicted octanol–water partition coefficient (Wildman–Crippen LogP) is 2.72. The molecule has 33 heavy (non-hydrogen) atoms. The Morgan fingerprint density at radius 3 is 2.70 bits per heavy atom. The van der Waals surface area contributed by atoms with Crippen LogP contribution in [0.25, 0.3) is 16.3 Å². The molecule has 2 N–H and O–H groups in total. The van der Waals surface area contributed by atoms with Gasteiger partial charge < -0.3 is 10.1 Å². The number of nitriles is 1. The lowest BCUT2D eigenvalue weighted by molar-refractivity contribution is 0.0904.